The molecule has 0 radical (unpaired) electrons. The Kier molecular flexibility index (Phi) is 5.54. The second kappa shape index (κ2) is 8.47. The predicted molar refractivity (Wildman–Crippen MR) is 113 cm³/mol. The highest BCUT2D eigenvalue weighted by molar-refractivity contribution is 7.09. The molecule has 2 saturated heterocycles. The van der Waals surface area contributed by atoms with E-state index in [1.807, 2.05) is 39.4 Å². The molecule has 1 aromatic heterocycles. The Labute approximate surface area is 184 Å². The van der Waals surface area contributed by atoms with Crippen LogP contribution >= 0.6 is 11.3 Å². The lowest BCUT2D eigenvalue weighted by Gasteiger charge is -2.43. The molecule has 2 aromatic rings. The fraction of sp³-hybridized carbons (Fsp3) is 0.500. The third-order valence-corrected chi connectivity index (χ3v) is 6.90. The van der Waals surface area contributed by atoms with Crippen LogP contribution in [0.3, 0.4) is 0 Å². The van der Waals surface area contributed by atoms with Crippen molar-refractivity contribution in [1.29, 1.82) is 0 Å². The SMILES string of the molecule is O=C1CCOC2(CCN(C(=O)C3COc4ccccc4O3)CC2)CN1Cc1nccs1. The van der Waals surface area contributed by atoms with Gasteiger partial charge in [-0.1, -0.05) is 12.1 Å². The summed E-state index contributed by atoms with van der Waals surface area (Å²) in [6.07, 6.45) is 2.87. The van der Waals surface area contributed by atoms with E-state index in [-0.39, 0.29) is 18.4 Å². The summed E-state index contributed by atoms with van der Waals surface area (Å²) in [4.78, 5) is 33.6. The number of fused-ring (bicyclic) bond motifs is 1. The number of aromatic nitrogens is 1. The number of benzene rings is 1. The van der Waals surface area contributed by atoms with Gasteiger partial charge in [-0.2, -0.15) is 0 Å². The molecular formula is C22H25N3O5S. The van der Waals surface area contributed by atoms with Gasteiger partial charge in [-0.25, -0.2) is 4.98 Å². The molecule has 0 saturated carbocycles. The topological polar surface area (TPSA) is 81.2 Å². The number of amides is 2. The molecule has 5 rings (SSSR count). The minimum Gasteiger partial charge on any atom is -0.485 e. The lowest BCUT2D eigenvalue weighted by Crippen LogP contribution is -2.55. The van der Waals surface area contributed by atoms with E-state index >= 15 is 0 Å². The number of carbonyl (C=O) groups is 2. The van der Waals surface area contributed by atoms with Gasteiger partial charge in [0.25, 0.3) is 5.91 Å². The lowest BCUT2D eigenvalue weighted by atomic mass is 9.90. The number of thiazole rings is 1. The molecule has 3 aliphatic rings. The van der Waals surface area contributed by atoms with E-state index in [4.69, 9.17) is 14.2 Å². The molecule has 3 aliphatic heterocycles. The number of rotatable bonds is 3. The summed E-state index contributed by atoms with van der Waals surface area (Å²) in [6.45, 7) is 2.81. The van der Waals surface area contributed by atoms with Gasteiger partial charge in [0.15, 0.2) is 11.5 Å². The number of ether oxygens (including phenoxy) is 3. The second-order valence-electron chi connectivity index (χ2n) is 8.15. The largest absolute Gasteiger partial charge is 0.485 e. The van der Waals surface area contributed by atoms with Crippen molar-refractivity contribution >= 4 is 23.2 Å². The normalized spacial score (nSPS) is 23.0. The molecule has 2 amide bonds. The van der Waals surface area contributed by atoms with Crippen LogP contribution in [-0.2, 0) is 20.9 Å². The van der Waals surface area contributed by atoms with Gasteiger partial charge in [-0.05, 0) is 25.0 Å². The van der Waals surface area contributed by atoms with E-state index < -0.39 is 11.7 Å². The van der Waals surface area contributed by atoms with Gasteiger partial charge in [-0.3, -0.25) is 9.59 Å². The summed E-state index contributed by atoms with van der Waals surface area (Å²) in [6, 6.07) is 7.39. The molecule has 4 heterocycles. The summed E-state index contributed by atoms with van der Waals surface area (Å²) >= 11 is 1.55. The van der Waals surface area contributed by atoms with Gasteiger partial charge in [0.1, 0.15) is 11.6 Å². The van der Waals surface area contributed by atoms with Gasteiger partial charge in [0.05, 0.1) is 31.7 Å². The zero-order valence-electron chi connectivity index (χ0n) is 17.2. The van der Waals surface area contributed by atoms with Crippen molar-refractivity contribution in [3.63, 3.8) is 0 Å². The van der Waals surface area contributed by atoms with Gasteiger partial charge in [0, 0.05) is 24.7 Å². The number of likely N-dealkylation sites (tertiary alicyclic amines) is 1. The number of hydrogen-bond acceptors (Lipinski definition) is 7. The molecule has 164 valence electrons. The Morgan fingerprint density at radius 3 is 2.81 bits per heavy atom. The van der Waals surface area contributed by atoms with Crippen molar-refractivity contribution in [3.8, 4) is 11.5 Å². The van der Waals surface area contributed by atoms with Crippen LogP contribution in [0.1, 0.15) is 24.3 Å². The molecule has 1 spiro atoms. The van der Waals surface area contributed by atoms with Gasteiger partial charge >= 0.3 is 0 Å². The van der Waals surface area contributed by atoms with Gasteiger partial charge in [0.2, 0.25) is 12.0 Å². The average molecular weight is 444 g/mol. The van der Waals surface area contributed by atoms with Crippen LogP contribution in [-0.4, -0.2) is 71.2 Å². The molecule has 8 nitrogen and oxygen atoms in total. The summed E-state index contributed by atoms with van der Waals surface area (Å²) in [5, 5.41) is 2.84. The van der Waals surface area contributed by atoms with Crippen LogP contribution < -0.4 is 9.47 Å². The summed E-state index contributed by atoms with van der Waals surface area (Å²) in [7, 11) is 0. The van der Waals surface area contributed by atoms with E-state index in [0.29, 0.717) is 63.5 Å². The zero-order chi connectivity index (χ0) is 21.3. The Hall–Kier alpha value is -2.65. The average Bonchev–Trinajstić information content (AvgIpc) is 3.26. The first-order chi connectivity index (χ1) is 15.1. The van der Waals surface area contributed by atoms with E-state index in [1.165, 1.54) is 0 Å². The van der Waals surface area contributed by atoms with Crippen LogP contribution in [0.4, 0.5) is 0 Å². The molecule has 9 heteroatoms. The van der Waals surface area contributed by atoms with E-state index in [2.05, 4.69) is 4.98 Å². The van der Waals surface area contributed by atoms with Crippen molar-refractivity contribution in [3.05, 3.63) is 40.8 Å². The Morgan fingerprint density at radius 1 is 1.23 bits per heavy atom. The molecular weight excluding hydrogens is 418 g/mol. The van der Waals surface area contributed by atoms with Gasteiger partial charge < -0.3 is 24.0 Å². The van der Waals surface area contributed by atoms with E-state index in [1.54, 1.807) is 17.5 Å². The maximum Gasteiger partial charge on any atom is 0.267 e. The van der Waals surface area contributed by atoms with Crippen molar-refractivity contribution in [2.45, 2.75) is 37.5 Å². The van der Waals surface area contributed by atoms with Crippen molar-refractivity contribution in [2.24, 2.45) is 0 Å². The highest BCUT2D eigenvalue weighted by Crippen LogP contribution is 2.34. The Balaban J connectivity index is 1.22. The molecule has 0 bridgehead atoms. The summed E-state index contributed by atoms with van der Waals surface area (Å²) < 4.78 is 17.8. The first kappa shape index (κ1) is 20.3. The quantitative estimate of drug-likeness (QED) is 0.723. The highest BCUT2D eigenvalue weighted by atomic mass is 32.1. The van der Waals surface area contributed by atoms with Gasteiger partial charge in [-0.15, -0.1) is 11.3 Å². The third kappa shape index (κ3) is 4.24. The monoisotopic (exact) mass is 443 g/mol. The fourth-order valence-corrected chi connectivity index (χ4v) is 5.05. The van der Waals surface area contributed by atoms with E-state index in [0.717, 1.165) is 5.01 Å². The number of para-hydroxylation sites is 2. The number of piperidine rings is 1. The maximum absolute atomic E-state index is 13.0. The van der Waals surface area contributed by atoms with E-state index in [9.17, 15) is 9.59 Å². The highest BCUT2D eigenvalue weighted by Gasteiger charge is 2.43. The molecule has 2 fully saturated rings. The molecule has 1 unspecified atom stereocenters. The first-order valence-corrected chi connectivity index (χ1v) is 11.5. The van der Waals surface area contributed by atoms with Crippen molar-refractivity contribution < 1.29 is 23.8 Å². The predicted octanol–water partition coefficient (Wildman–Crippen LogP) is 2.09. The first-order valence-electron chi connectivity index (χ1n) is 10.6. The fourth-order valence-electron chi connectivity index (χ4n) is 4.41. The molecule has 0 N–H and O–H groups in total. The van der Waals surface area contributed by atoms with Crippen molar-refractivity contribution in [2.75, 3.05) is 32.8 Å². The van der Waals surface area contributed by atoms with Crippen molar-refractivity contribution in [1.82, 2.24) is 14.8 Å². The van der Waals surface area contributed by atoms with Crippen LogP contribution in [0.2, 0.25) is 0 Å². The number of hydrogen-bond donors (Lipinski definition) is 0. The van der Waals surface area contributed by atoms with Crippen LogP contribution in [0.25, 0.3) is 0 Å². The molecule has 31 heavy (non-hydrogen) atoms. The molecule has 0 aliphatic carbocycles. The second-order valence-corrected chi connectivity index (χ2v) is 9.13. The minimum absolute atomic E-state index is 0.0614. The van der Waals surface area contributed by atoms with Crippen LogP contribution in [0.5, 0.6) is 11.5 Å². The summed E-state index contributed by atoms with van der Waals surface area (Å²) in [5.41, 5.74) is -0.420. The number of nitrogens with zero attached hydrogens (tertiary/aromatic N) is 3. The smallest absolute Gasteiger partial charge is 0.267 e. The standard InChI is InChI=1S/C22H25N3O5S/c26-20-5-11-29-22(15-25(20)13-19-23-8-12-31-19)6-9-24(10-7-22)21(27)18-14-28-16-3-1-2-4-17(16)30-18/h1-4,8,12,18H,5-7,9-11,13-15H2. The Bertz CT molecular complexity index is 942. The third-order valence-electron chi connectivity index (χ3n) is 6.14. The van der Waals surface area contributed by atoms with Crippen LogP contribution in [0.15, 0.2) is 35.8 Å². The van der Waals surface area contributed by atoms with Crippen LogP contribution in [0, 0.1) is 0 Å². The zero-order valence-corrected chi connectivity index (χ0v) is 18.0. The molecule has 1 aromatic carbocycles. The summed E-state index contributed by atoms with van der Waals surface area (Å²) in [5.74, 6) is 1.30. The number of carbonyl (C=O) groups excluding carboxylic acids is 2. The minimum atomic E-state index is -0.637. The Morgan fingerprint density at radius 2 is 2.03 bits per heavy atom. The maximum atomic E-state index is 13.0. The lowest BCUT2D eigenvalue weighted by molar-refractivity contribution is -0.148. The molecule has 1 atom stereocenters.